The minimum atomic E-state index is 0.693. The number of hydrogen-bond donors (Lipinski definition) is 1. The predicted octanol–water partition coefficient (Wildman–Crippen LogP) is 1.96. The highest BCUT2D eigenvalue weighted by atomic mass is 32.2. The van der Waals surface area contributed by atoms with Crippen LogP contribution in [0.25, 0.3) is 0 Å². The van der Waals surface area contributed by atoms with Crippen molar-refractivity contribution < 1.29 is 0 Å². The van der Waals surface area contributed by atoms with Gasteiger partial charge in [0.15, 0.2) is 0 Å². The van der Waals surface area contributed by atoms with Gasteiger partial charge in [0, 0.05) is 24.8 Å². The van der Waals surface area contributed by atoms with E-state index in [1.807, 2.05) is 0 Å². The van der Waals surface area contributed by atoms with Crippen LogP contribution in [-0.2, 0) is 0 Å². The monoisotopic (exact) mass is 184 g/mol. The standard InChI is InChI=1S/C9H16N2S/c10-9-4-1-5-11(9)8-3-2-6-12-7-8/h8,10H,1-7H2. The Kier molecular flexibility index (Phi) is 2.59. The van der Waals surface area contributed by atoms with E-state index in [9.17, 15) is 0 Å². The molecule has 0 aromatic heterocycles. The number of likely N-dealkylation sites (tertiary alicyclic amines) is 1. The zero-order chi connectivity index (χ0) is 8.39. The molecule has 2 nitrogen and oxygen atoms in total. The molecule has 0 aromatic rings. The van der Waals surface area contributed by atoms with E-state index < -0.39 is 0 Å². The van der Waals surface area contributed by atoms with Crippen molar-refractivity contribution >= 4 is 17.6 Å². The van der Waals surface area contributed by atoms with Crippen molar-refractivity contribution in [2.75, 3.05) is 18.1 Å². The third kappa shape index (κ3) is 1.60. The molecule has 0 bridgehead atoms. The molecule has 2 fully saturated rings. The normalized spacial score (nSPS) is 31.2. The van der Waals surface area contributed by atoms with Crippen LogP contribution in [0.3, 0.4) is 0 Å². The number of nitrogens with zero attached hydrogens (tertiary/aromatic N) is 1. The SMILES string of the molecule is N=C1CCCN1C1CCCSC1. The second-order valence-electron chi connectivity index (χ2n) is 3.61. The molecule has 2 rings (SSSR count). The molecular formula is C9H16N2S. The fraction of sp³-hybridized carbons (Fsp3) is 0.889. The minimum absolute atomic E-state index is 0.693. The average molecular weight is 184 g/mol. The van der Waals surface area contributed by atoms with Crippen molar-refractivity contribution in [3.63, 3.8) is 0 Å². The summed E-state index contributed by atoms with van der Waals surface area (Å²) in [5.41, 5.74) is 0. The zero-order valence-electron chi connectivity index (χ0n) is 7.38. The summed E-state index contributed by atoms with van der Waals surface area (Å²) in [4.78, 5) is 2.33. The van der Waals surface area contributed by atoms with Crippen LogP contribution in [-0.4, -0.2) is 34.8 Å². The van der Waals surface area contributed by atoms with Crippen LogP contribution >= 0.6 is 11.8 Å². The van der Waals surface area contributed by atoms with Gasteiger partial charge in [0.05, 0.1) is 5.84 Å². The summed E-state index contributed by atoms with van der Waals surface area (Å²) in [7, 11) is 0. The predicted molar refractivity (Wildman–Crippen MR) is 54.0 cm³/mol. The lowest BCUT2D eigenvalue weighted by Gasteiger charge is -2.31. The summed E-state index contributed by atoms with van der Waals surface area (Å²) in [5.74, 6) is 3.47. The topological polar surface area (TPSA) is 27.1 Å². The fourth-order valence-electron chi connectivity index (χ4n) is 2.07. The van der Waals surface area contributed by atoms with Gasteiger partial charge in [0.2, 0.25) is 0 Å². The Balaban J connectivity index is 1.93. The van der Waals surface area contributed by atoms with Crippen LogP contribution in [0, 0.1) is 5.41 Å². The summed E-state index contributed by atoms with van der Waals surface area (Å²) in [6.45, 7) is 1.14. The first-order valence-corrected chi connectivity index (χ1v) is 5.95. The maximum atomic E-state index is 7.76. The first-order chi connectivity index (χ1) is 5.88. The lowest BCUT2D eigenvalue weighted by atomic mass is 10.1. The van der Waals surface area contributed by atoms with E-state index in [0.29, 0.717) is 6.04 Å². The van der Waals surface area contributed by atoms with E-state index in [-0.39, 0.29) is 0 Å². The van der Waals surface area contributed by atoms with Crippen molar-refractivity contribution in [3.8, 4) is 0 Å². The van der Waals surface area contributed by atoms with E-state index in [1.165, 1.54) is 30.8 Å². The van der Waals surface area contributed by atoms with Gasteiger partial charge in [-0.1, -0.05) is 0 Å². The smallest absolute Gasteiger partial charge is 0.0961 e. The van der Waals surface area contributed by atoms with Gasteiger partial charge in [0.1, 0.15) is 0 Å². The van der Waals surface area contributed by atoms with Crippen LogP contribution in [0.4, 0.5) is 0 Å². The third-order valence-electron chi connectivity index (χ3n) is 2.74. The van der Waals surface area contributed by atoms with Gasteiger partial charge >= 0.3 is 0 Å². The van der Waals surface area contributed by atoms with Crippen LogP contribution in [0.15, 0.2) is 0 Å². The molecule has 1 unspecified atom stereocenters. The van der Waals surface area contributed by atoms with E-state index in [2.05, 4.69) is 16.7 Å². The molecule has 2 aliphatic rings. The molecule has 68 valence electrons. The van der Waals surface area contributed by atoms with Crippen molar-refractivity contribution in [1.29, 1.82) is 5.41 Å². The number of nitrogens with one attached hydrogen (secondary N) is 1. The van der Waals surface area contributed by atoms with Crippen molar-refractivity contribution in [2.45, 2.75) is 31.7 Å². The van der Waals surface area contributed by atoms with Crippen LogP contribution in [0.5, 0.6) is 0 Å². The molecule has 2 saturated heterocycles. The number of thioether (sulfide) groups is 1. The van der Waals surface area contributed by atoms with Crippen LogP contribution in [0.1, 0.15) is 25.7 Å². The minimum Gasteiger partial charge on any atom is -0.357 e. The van der Waals surface area contributed by atoms with Crippen molar-refractivity contribution in [1.82, 2.24) is 4.90 Å². The Morgan fingerprint density at radius 1 is 1.42 bits per heavy atom. The average Bonchev–Trinajstić information content (AvgIpc) is 2.53. The quantitative estimate of drug-likeness (QED) is 0.674. The van der Waals surface area contributed by atoms with Gasteiger partial charge < -0.3 is 4.90 Å². The zero-order valence-corrected chi connectivity index (χ0v) is 8.20. The van der Waals surface area contributed by atoms with Gasteiger partial charge in [-0.2, -0.15) is 11.8 Å². The fourth-order valence-corrected chi connectivity index (χ4v) is 3.22. The molecular weight excluding hydrogens is 168 g/mol. The molecule has 2 aliphatic heterocycles. The molecule has 3 heteroatoms. The summed E-state index contributed by atoms with van der Waals surface area (Å²) in [6, 6.07) is 0.693. The number of hydrogen-bond acceptors (Lipinski definition) is 2. The van der Waals surface area contributed by atoms with E-state index in [1.54, 1.807) is 0 Å². The van der Waals surface area contributed by atoms with Gasteiger partial charge in [-0.05, 0) is 25.0 Å². The van der Waals surface area contributed by atoms with E-state index in [4.69, 9.17) is 5.41 Å². The summed E-state index contributed by atoms with van der Waals surface area (Å²) in [5, 5.41) is 7.76. The lowest BCUT2D eigenvalue weighted by Crippen LogP contribution is -2.39. The van der Waals surface area contributed by atoms with Crippen LogP contribution < -0.4 is 0 Å². The summed E-state index contributed by atoms with van der Waals surface area (Å²) >= 11 is 2.05. The molecule has 0 radical (unpaired) electrons. The maximum Gasteiger partial charge on any atom is 0.0961 e. The molecule has 0 spiro atoms. The second kappa shape index (κ2) is 3.69. The highest BCUT2D eigenvalue weighted by molar-refractivity contribution is 7.99. The van der Waals surface area contributed by atoms with E-state index >= 15 is 0 Å². The first-order valence-electron chi connectivity index (χ1n) is 4.80. The highest BCUT2D eigenvalue weighted by Crippen LogP contribution is 2.25. The van der Waals surface area contributed by atoms with E-state index in [0.717, 1.165) is 18.8 Å². The van der Waals surface area contributed by atoms with Crippen LogP contribution in [0.2, 0.25) is 0 Å². The molecule has 1 N–H and O–H groups in total. The molecule has 0 saturated carbocycles. The molecule has 0 amide bonds. The third-order valence-corrected chi connectivity index (χ3v) is 3.93. The Morgan fingerprint density at radius 2 is 2.33 bits per heavy atom. The van der Waals surface area contributed by atoms with Gasteiger partial charge in [0.25, 0.3) is 0 Å². The van der Waals surface area contributed by atoms with Crippen molar-refractivity contribution in [2.24, 2.45) is 0 Å². The highest BCUT2D eigenvalue weighted by Gasteiger charge is 2.26. The Hall–Kier alpha value is -0.180. The molecule has 2 heterocycles. The molecule has 0 aromatic carbocycles. The summed E-state index contributed by atoms with van der Waals surface area (Å²) < 4.78 is 0. The molecule has 12 heavy (non-hydrogen) atoms. The van der Waals surface area contributed by atoms with Gasteiger partial charge in [-0.15, -0.1) is 0 Å². The largest absolute Gasteiger partial charge is 0.357 e. The summed E-state index contributed by atoms with van der Waals surface area (Å²) in [6.07, 6.45) is 4.88. The number of amidine groups is 1. The van der Waals surface area contributed by atoms with Gasteiger partial charge in [-0.3, -0.25) is 5.41 Å². The van der Waals surface area contributed by atoms with Gasteiger partial charge in [-0.25, -0.2) is 0 Å². The molecule has 1 atom stereocenters. The first kappa shape index (κ1) is 8.42. The second-order valence-corrected chi connectivity index (χ2v) is 4.76. The Bertz CT molecular complexity index is 175. The Labute approximate surface area is 78.2 Å². The number of rotatable bonds is 1. The molecule has 0 aliphatic carbocycles. The van der Waals surface area contributed by atoms with Crippen molar-refractivity contribution in [3.05, 3.63) is 0 Å². The lowest BCUT2D eigenvalue weighted by molar-refractivity contribution is 0.335. The maximum absolute atomic E-state index is 7.76. The Morgan fingerprint density at radius 3 is 2.92 bits per heavy atom.